The van der Waals surface area contributed by atoms with Crippen LogP contribution in [0.5, 0.6) is 0 Å². The van der Waals surface area contributed by atoms with Crippen molar-refractivity contribution in [2.45, 2.75) is 11.9 Å². The number of imide groups is 1. The molecule has 112 valence electrons. The van der Waals surface area contributed by atoms with Crippen molar-refractivity contribution in [1.29, 1.82) is 0 Å². The summed E-state index contributed by atoms with van der Waals surface area (Å²) < 4.78 is 57.5. The Bertz CT molecular complexity index is 554. The molecule has 1 heterocycles. The van der Waals surface area contributed by atoms with Crippen LogP contribution in [0.1, 0.15) is 6.42 Å². The van der Waals surface area contributed by atoms with Crippen LogP contribution in [0.15, 0.2) is 12.2 Å². The molecule has 2 amide bonds. The van der Waals surface area contributed by atoms with Crippen molar-refractivity contribution in [3.8, 4) is 0 Å². The van der Waals surface area contributed by atoms with E-state index in [1.54, 1.807) is 0 Å². The predicted octanol–water partition coefficient (Wildman–Crippen LogP) is 0.475. The zero-order valence-corrected chi connectivity index (χ0v) is 10.6. The summed E-state index contributed by atoms with van der Waals surface area (Å²) in [5, 5.41) is 2.40. The average molecular weight is 313 g/mol. The second-order valence-corrected chi connectivity index (χ2v) is 6.19. The van der Waals surface area contributed by atoms with Crippen molar-refractivity contribution in [1.82, 2.24) is 5.32 Å². The van der Waals surface area contributed by atoms with E-state index >= 15 is 0 Å². The number of alkyl halides is 3. The van der Waals surface area contributed by atoms with Gasteiger partial charge < -0.3 is 0 Å². The Labute approximate surface area is 111 Å². The van der Waals surface area contributed by atoms with Gasteiger partial charge in [-0.3, -0.25) is 19.5 Å². The van der Waals surface area contributed by atoms with Crippen LogP contribution in [0, 0.1) is 23.7 Å². The third-order valence-corrected chi connectivity index (χ3v) is 4.19. The molecule has 3 aliphatic rings. The summed E-state index contributed by atoms with van der Waals surface area (Å²) in [5.41, 5.74) is -5.53. The summed E-state index contributed by atoms with van der Waals surface area (Å²) in [5.74, 6) is 0.501. The molecule has 0 aromatic heterocycles. The minimum absolute atomic E-state index is 0.0347. The van der Waals surface area contributed by atoms with E-state index in [-0.39, 0.29) is 23.7 Å². The molecule has 2 aliphatic carbocycles. The number of amides is 2. The van der Waals surface area contributed by atoms with E-state index in [0.717, 1.165) is 6.42 Å². The number of carbonyl (C=O) groups excluding carboxylic acids is 2. The quantitative estimate of drug-likeness (QED) is 0.293. The Hall–Kier alpha value is -1.42. The second kappa shape index (κ2) is 4.55. The molecule has 2 bridgehead atoms. The van der Waals surface area contributed by atoms with E-state index in [9.17, 15) is 22.8 Å². The van der Waals surface area contributed by atoms with E-state index < -0.39 is 15.6 Å². The first-order chi connectivity index (χ1) is 9.02. The molecule has 2 fully saturated rings. The molecule has 0 aromatic carbocycles. The van der Waals surface area contributed by atoms with Gasteiger partial charge in [-0.25, -0.2) is 0 Å². The van der Waals surface area contributed by atoms with E-state index in [1.165, 1.54) is 0 Å². The number of hydrogen-bond acceptors (Lipinski definition) is 4. The van der Waals surface area contributed by atoms with Crippen LogP contribution in [-0.4, -0.2) is 30.3 Å². The standard InChI is InChI=1S/C9H9NO2.CHF3O3S/c11-8-6-4-1-2-5(3-4)7(6)9(12)10-8;2-1(3,4)8(5,6)7/h1-2,4-7H,3H2,(H,10,11,12);(H,5,6,7)/t4?,5?,6-,7+;. The van der Waals surface area contributed by atoms with E-state index in [0.29, 0.717) is 11.8 Å². The summed E-state index contributed by atoms with van der Waals surface area (Å²) in [6.45, 7) is 0. The highest BCUT2D eigenvalue weighted by Gasteiger charge is 2.55. The monoisotopic (exact) mass is 313 g/mol. The predicted molar refractivity (Wildman–Crippen MR) is 58.5 cm³/mol. The van der Waals surface area contributed by atoms with Gasteiger partial charge >= 0.3 is 15.6 Å². The minimum atomic E-state index is -5.84. The van der Waals surface area contributed by atoms with Gasteiger partial charge in [-0.05, 0) is 18.3 Å². The lowest BCUT2D eigenvalue weighted by Crippen LogP contribution is -2.25. The molecule has 0 radical (unpaired) electrons. The number of allylic oxidation sites excluding steroid dienone is 2. The van der Waals surface area contributed by atoms with Crippen LogP contribution in [0.3, 0.4) is 0 Å². The van der Waals surface area contributed by atoms with E-state index in [2.05, 4.69) is 17.5 Å². The van der Waals surface area contributed by atoms with Crippen LogP contribution in [0.2, 0.25) is 0 Å². The van der Waals surface area contributed by atoms with Crippen LogP contribution in [-0.2, 0) is 19.7 Å². The number of fused-ring (bicyclic) bond motifs is 5. The van der Waals surface area contributed by atoms with Crippen LogP contribution < -0.4 is 5.32 Å². The number of hydrogen-bond donors (Lipinski definition) is 2. The molecule has 1 saturated heterocycles. The van der Waals surface area contributed by atoms with Crippen molar-refractivity contribution < 1.29 is 35.7 Å². The molecular weight excluding hydrogens is 303 g/mol. The molecular formula is C10H10F3NO5S. The van der Waals surface area contributed by atoms with Crippen molar-refractivity contribution in [2.75, 3.05) is 0 Å². The third kappa shape index (κ3) is 2.44. The van der Waals surface area contributed by atoms with Crippen molar-refractivity contribution in [3.63, 3.8) is 0 Å². The normalized spacial score (nSPS) is 34.6. The summed E-state index contributed by atoms with van der Waals surface area (Å²) in [6, 6.07) is 0. The zero-order valence-electron chi connectivity index (χ0n) is 9.79. The molecule has 4 atom stereocenters. The Balaban J connectivity index is 0.000000163. The first kappa shape index (κ1) is 15.0. The molecule has 0 spiro atoms. The van der Waals surface area contributed by atoms with E-state index in [1.807, 2.05) is 0 Å². The van der Waals surface area contributed by atoms with Gasteiger partial charge in [-0.1, -0.05) is 12.2 Å². The fourth-order valence-corrected chi connectivity index (χ4v) is 2.83. The zero-order chi connectivity index (χ0) is 15.3. The van der Waals surface area contributed by atoms with Gasteiger partial charge in [0.1, 0.15) is 0 Å². The molecule has 0 aromatic rings. The van der Waals surface area contributed by atoms with E-state index in [4.69, 9.17) is 13.0 Å². The summed E-state index contributed by atoms with van der Waals surface area (Å²) in [4.78, 5) is 22.6. The third-order valence-electron chi connectivity index (χ3n) is 3.60. The Morgan fingerprint density at radius 3 is 1.75 bits per heavy atom. The smallest absolute Gasteiger partial charge is 0.296 e. The lowest BCUT2D eigenvalue weighted by molar-refractivity contribution is -0.126. The highest BCUT2D eigenvalue weighted by atomic mass is 32.2. The summed E-state index contributed by atoms with van der Waals surface area (Å²) in [6.07, 6.45) is 5.18. The maximum Gasteiger partial charge on any atom is 0.522 e. The molecule has 2 unspecified atom stereocenters. The van der Waals surface area contributed by atoms with Gasteiger partial charge in [0.05, 0.1) is 11.8 Å². The lowest BCUT2D eigenvalue weighted by Gasteiger charge is -2.14. The summed E-state index contributed by atoms with van der Waals surface area (Å²) >= 11 is 0. The van der Waals surface area contributed by atoms with Gasteiger partial charge in [-0.15, -0.1) is 0 Å². The highest BCUT2D eigenvalue weighted by molar-refractivity contribution is 7.86. The van der Waals surface area contributed by atoms with Gasteiger partial charge in [0, 0.05) is 0 Å². The highest BCUT2D eigenvalue weighted by Crippen LogP contribution is 2.50. The number of rotatable bonds is 0. The van der Waals surface area contributed by atoms with Crippen molar-refractivity contribution in [3.05, 3.63) is 12.2 Å². The Morgan fingerprint density at radius 2 is 1.45 bits per heavy atom. The van der Waals surface area contributed by atoms with Crippen LogP contribution in [0.4, 0.5) is 13.2 Å². The number of nitrogens with one attached hydrogen (secondary N) is 1. The molecule has 6 nitrogen and oxygen atoms in total. The maximum absolute atomic E-state index is 11.3. The van der Waals surface area contributed by atoms with Crippen LogP contribution >= 0.6 is 0 Å². The van der Waals surface area contributed by atoms with Gasteiger partial charge in [0.15, 0.2) is 0 Å². The molecule has 10 heteroatoms. The second-order valence-electron chi connectivity index (χ2n) is 4.77. The summed E-state index contributed by atoms with van der Waals surface area (Å²) in [7, 11) is -5.84. The largest absolute Gasteiger partial charge is 0.522 e. The van der Waals surface area contributed by atoms with Gasteiger partial charge in [0.25, 0.3) is 0 Å². The first-order valence-electron chi connectivity index (χ1n) is 5.59. The SMILES string of the molecule is O=C1NC(=O)[C@H]2C3C=CC(C3)[C@@H]12.O=S(=O)(O)C(F)(F)F. The lowest BCUT2D eigenvalue weighted by atomic mass is 9.85. The molecule has 3 rings (SSSR count). The molecule has 1 saturated carbocycles. The molecule has 1 aliphatic heterocycles. The molecule has 2 N–H and O–H groups in total. The van der Waals surface area contributed by atoms with Crippen LogP contribution in [0.25, 0.3) is 0 Å². The van der Waals surface area contributed by atoms with Crippen molar-refractivity contribution in [2.24, 2.45) is 23.7 Å². The Morgan fingerprint density at radius 1 is 1.10 bits per heavy atom. The minimum Gasteiger partial charge on any atom is -0.296 e. The fourth-order valence-electron chi connectivity index (χ4n) is 2.83. The number of carbonyl (C=O) groups is 2. The fraction of sp³-hybridized carbons (Fsp3) is 0.600. The topological polar surface area (TPSA) is 101 Å². The van der Waals surface area contributed by atoms with Gasteiger partial charge in [0.2, 0.25) is 11.8 Å². The first-order valence-corrected chi connectivity index (χ1v) is 7.03. The van der Waals surface area contributed by atoms with Crippen molar-refractivity contribution >= 4 is 21.9 Å². The maximum atomic E-state index is 11.3. The van der Waals surface area contributed by atoms with Gasteiger partial charge in [-0.2, -0.15) is 21.6 Å². The molecule has 20 heavy (non-hydrogen) atoms. The average Bonchev–Trinajstić information content (AvgIpc) is 2.91. The Kier molecular flexibility index (Phi) is 3.41. The number of halogens is 3.